The first-order valence-electron chi connectivity index (χ1n) is 4.63. The van der Waals surface area contributed by atoms with Crippen LogP contribution < -0.4 is 5.63 Å². The van der Waals surface area contributed by atoms with Crippen LogP contribution in [0.4, 0.5) is 0 Å². The van der Waals surface area contributed by atoms with E-state index in [-0.39, 0.29) is 5.63 Å². The third-order valence-corrected chi connectivity index (χ3v) is 2.38. The van der Waals surface area contributed by atoms with Crippen LogP contribution in [-0.2, 0) is 0 Å². The average molecular weight is 200 g/mol. The van der Waals surface area contributed by atoms with Crippen LogP contribution >= 0.6 is 0 Å². The highest BCUT2D eigenvalue weighted by molar-refractivity contribution is 5.99. The van der Waals surface area contributed by atoms with Crippen molar-refractivity contribution in [2.75, 3.05) is 0 Å². The van der Waals surface area contributed by atoms with E-state index in [2.05, 4.69) is 9.97 Å². The molecule has 0 bridgehead atoms. The molecule has 0 amide bonds. The van der Waals surface area contributed by atoms with Crippen molar-refractivity contribution < 1.29 is 4.42 Å². The maximum atomic E-state index is 11.6. The summed E-state index contributed by atoms with van der Waals surface area (Å²) in [4.78, 5) is 18.9. The number of fused-ring (bicyclic) bond motifs is 3. The summed E-state index contributed by atoms with van der Waals surface area (Å²) in [6.45, 7) is 1.90. The van der Waals surface area contributed by atoms with Crippen molar-refractivity contribution in [2.24, 2.45) is 0 Å². The number of aromatic nitrogens is 2. The van der Waals surface area contributed by atoms with E-state index in [1.54, 1.807) is 24.4 Å². The van der Waals surface area contributed by atoms with Crippen LogP contribution in [0.5, 0.6) is 0 Å². The second kappa shape index (κ2) is 2.70. The highest BCUT2D eigenvalue weighted by Gasteiger charge is 2.09. The minimum atomic E-state index is -0.324. The van der Waals surface area contributed by atoms with Crippen LogP contribution in [0.1, 0.15) is 5.69 Å². The maximum Gasteiger partial charge on any atom is 0.345 e. The summed E-state index contributed by atoms with van der Waals surface area (Å²) in [6, 6.07) is 5.25. The molecule has 0 saturated carbocycles. The van der Waals surface area contributed by atoms with Gasteiger partial charge in [0.25, 0.3) is 0 Å². The van der Waals surface area contributed by atoms with Crippen molar-refractivity contribution in [3.63, 3.8) is 0 Å². The molecule has 0 unspecified atom stereocenters. The molecular weight excluding hydrogens is 192 g/mol. The number of aromatic amines is 1. The molecule has 4 nitrogen and oxygen atoms in total. The summed E-state index contributed by atoms with van der Waals surface area (Å²) >= 11 is 0. The van der Waals surface area contributed by atoms with Crippen molar-refractivity contribution in [3.8, 4) is 0 Å². The second-order valence-electron chi connectivity index (χ2n) is 3.48. The van der Waals surface area contributed by atoms with Crippen LogP contribution in [0.3, 0.4) is 0 Å². The Hall–Kier alpha value is -2.10. The highest BCUT2D eigenvalue weighted by Crippen LogP contribution is 2.19. The molecule has 3 rings (SSSR count). The zero-order valence-corrected chi connectivity index (χ0v) is 8.07. The number of hydrogen-bond donors (Lipinski definition) is 1. The fraction of sp³-hybridized carbons (Fsp3) is 0.0909. The fourth-order valence-electron chi connectivity index (χ4n) is 1.75. The Morgan fingerprint density at radius 2 is 2.33 bits per heavy atom. The number of aryl methyl sites for hydroxylation is 1. The molecule has 15 heavy (non-hydrogen) atoms. The molecule has 0 aromatic carbocycles. The van der Waals surface area contributed by atoms with E-state index in [4.69, 9.17) is 4.42 Å². The Morgan fingerprint density at radius 1 is 1.47 bits per heavy atom. The minimum Gasteiger partial charge on any atom is -0.420 e. The SMILES string of the molecule is Cc1cc2c(=O)oc3cccnc3c2[nH]1. The van der Waals surface area contributed by atoms with E-state index < -0.39 is 0 Å². The summed E-state index contributed by atoms with van der Waals surface area (Å²) in [6.07, 6.45) is 1.68. The first-order valence-corrected chi connectivity index (χ1v) is 4.63. The molecule has 4 heteroatoms. The van der Waals surface area contributed by atoms with E-state index >= 15 is 0 Å². The van der Waals surface area contributed by atoms with Crippen molar-refractivity contribution in [1.82, 2.24) is 9.97 Å². The molecule has 0 fully saturated rings. The van der Waals surface area contributed by atoms with Gasteiger partial charge in [-0.1, -0.05) is 0 Å². The number of H-pyrrole nitrogens is 1. The lowest BCUT2D eigenvalue weighted by molar-refractivity contribution is 0.568. The smallest absolute Gasteiger partial charge is 0.345 e. The molecule has 0 saturated heterocycles. The van der Waals surface area contributed by atoms with Gasteiger partial charge in [0.15, 0.2) is 5.58 Å². The van der Waals surface area contributed by atoms with Gasteiger partial charge in [-0.15, -0.1) is 0 Å². The van der Waals surface area contributed by atoms with Crippen LogP contribution in [0.25, 0.3) is 22.0 Å². The van der Waals surface area contributed by atoms with Crippen molar-refractivity contribution in [3.05, 3.63) is 40.5 Å². The van der Waals surface area contributed by atoms with Gasteiger partial charge in [-0.3, -0.25) is 4.98 Å². The van der Waals surface area contributed by atoms with E-state index in [1.807, 2.05) is 6.92 Å². The van der Waals surface area contributed by atoms with E-state index in [0.717, 1.165) is 11.2 Å². The van der Waals surface area contributed by atoms with Gasteiger partial charge < -0.3 is 9.40 Å². The monoisotopic (exact) mass is 200 g/mol. The van der Waals surface area contributed by atoms with Gasteiger partial charge in [0, 0.05) is 11.9 Å². The lowest BCUT2D eigenvalue weighted by atomic mass is 10.3. The van der Waals surface area contributed by atoms with Gasteiger partial charge in [-0.2, -0.15) is 0 Å². The van der Waals surface area contributed by atoms with Crippen LogP contribution in [-0.4, -0.2) is 9.97 Å². The van der Waals surface area contributed by atoms with Crippen LogP contribution in [0, 0.1) is 6.92 Å². The molecule has 0 aliphatic rings. The predicted octanol–water partition coefficient (Wildman–Crippen LogP) is 1.98. The summed E-state index contributed by atoms with van der Waals surface area (Å²) in [5.74, 6) is 0. The number of pyridine rings is 1. The lowest BCUT2D eigenvalue weighted by Gasteiger charge is -1.95. The number of nitrogens with zero attached hydrogens (tertiary/aromatic N) is 1. The molecule has 0 radical (unpaired) electrons. The van der Waals surface area contributed by atoms with Crippen molar-refractivity contribution in [2.45, 2.75) is 6.92 Å². The molecule has 3 aromatic rings. The fourth-order valence-corrected chi connectivity index (χ4v) is 1.75. The van der Waals surface area contributed by atoms with Crippen molar-refractivity contribution >= 4 is 22.0 Å². The van der Waals surface area contributed by atoms with Gasteiger partial charge in [0.2, 0.25) is 0 Å². The third-order valence-electron chi connectivity index (χ3n) is 2.38. The molecule has 3 aromatic heterocycles. The highest BCUT2D eigenvalue weighted by atomic mass is 16.4. The van der Waals surface area contributed by atoms with E-state index in [0.29, 0.717) is 16.5 Å². The normalized spacial score (nSPS) is 11.3. The van der Waals surface area contributed by atoms with Gasteiger partial charge in [-0.05, 0) is 25.1 Å². The molecule has 0 spiro atoms. The number of rotatable bonds is 0. The molecule has 1 N–H and O–H groups in total. The Balaban J connectivity index is 2.69. The standard InChI is InChI=1S/C11H8N2O2/c1-6-5-7-9(13-6)10-8(15-11(7)14)3-2-4-12-10/h2-5,13H,1H3. The first kappa shape index (κ1) is 8.23. The van der Waals surface area contributed by atoms with Gasteiger partial charge in [0.05, 0.1) is 10.9 Å². The van der Waals surface area contributed by atoms with E-state index in [1.165, 1.54) is 0 Å². The Morgan fingerprint density at radius 3 is 3.20 bits per heavy atom. The molecule has 74 valence electrons. The summed E-state index contributed by atoms with van der Waals surface area (Å²) < 4.78 is 5.15. The minimum absolute atomic E-state index is 0.324. The summed E-state index contributed by atoms with van der Waals surface area (Å²) in [7, 11) is 0. The molecule has 3 heterocycles. The Bertz CT molecular complexity index is 709. The molecule has 0 aliphatic heterocycles. The maximum absolute atomic E-state index is 11.6. The molecular formula is C11H8N2O2. The zero-order valence-electron chi connectivity index (χ0n) is 8.07. The summed E-state index contributed by atoms with van der Waals surface area (Å²) in [5.41, 5.74) is 2.56. The summed E-state index contributed by atoms with van der Waals surface area (Å²) in [5, 5.41) is 0.554. The first-order chi connectivity index (χ1) is 7.25. The van der Waals surface area contributed by atoms with Gasteiger partial charge in [-0.25, -0.2) is 4.79 Å². The molecule has 0 aliphatic carbocycles. The Kier molecular flexibility index (Phi) is 1.48. The lowest BCUT2D eigenvalue weighted by Crippen LogP contribution is -1.98. The number of hydrogen-bond acceptors (Lipinski definition) is 3. The van der Waals surface area contributed by atoms with E-state index in [9.17, 15) is 4.79 Å². The predicted molar refractivity (Wildman–Crippen MR) is 56.9 cm³/mol. The third kappa shape index (κ3) is 1.08. The van der Waals surface area contributed by atoms with Gasteiger partial charge in [0.1, 0.15) is 5.52 Å². The quantitative estimate of drug-likeness (QED) is 0.603. The largest absolute Gasteiger partial charge is 0.420 e. The average Bonchev–Trinajstić information content (AvgIpc) is 2.61. The Labute approximate surface area is 84.6 Å². The topological polar surface area (TPSA) is 58.9 Å². The van der Waals surface area contributed by atoms with Gasteiger partial charge >= 0.3 is 5.63 Å². The molecule has 0 atom stereocenters. The number of nitrogens with one attached hydrogen (secondary N) is 1. The van der Waals surface area contributed by atoms with Crippen LogP contribution in [0.15, 0.2) is 33.6 Å². The van der Waals surface area contributed by atoms with Crippen molar-refractivity contribution in [1.29, 1.82) is 0 Å². The zero-order chi connectivity index (χ0) is 10.4. The second-order valence-corrected chi connectivity index (χ2v) is 3.48. The van der Waals surface area contributed by atoms with Crippen LogP contribution in [0.2, 0.25) is 0 Å².